The molecule has 1 fully saturated rings. The number of anilines is 1. The lowest BCUT2D eigenvalue weighted by Crippen LogP contribution is -2.40. The molecule has 1 amide bonds. The number of likely N-dealkylation sites (tertiary alicyclic amines) is 1. The molecular formula is C19H26N2O3. The molecular weight excluding hydrogens is 304 g/mol. The first-order chi connectivity index (χ1) is 11.6. The van der Waals surface area contributed by atoms with E-state index < -0.39 is 0 Å². The van der Waals surface area contributed by atoms with Crippen molar-refractivity contribution in [3.8, 4) is 0 Å². The maximum absolute atomic E-state index is 12.2. The highest BCUT2D eigenvalue weighted by Gasteiger charge is 2.27. The fourth-order valence-corrected chi connectivity index (χ4v) is 3.65. The van der Waals surface area contributed by atoms with Crippen LogP contribution in [0.2, 0.25) is 0 Å². The van der Waals surface area contributed by atoms with Crippen LogP contribution in [0.1, 0.15) is 31.7 Å². The average molecular weight is 330 g/mol. The zero-order valence-corrected chi connectivity index (χ0v) is 14.4. The third-order valence-electron chi connectivity index (χ3n) is 5.09. The third kappa shape index (κ3) is 3.89. The van der Waals surface area contributed by atoms with Crippen molar-refractivity contribution in [2.24, 2.45) is 5.92 Å². The van der Waals surface area contributed by atoms with Crippen molar-refractivity contribution in [3.63, 3.8) is 0 Å². The Balaban J connectivity index is 1.44. The van der Waals surface area contributed by atoms with Crippen molar-refractivity contribution in [1.29, 1.82) is 0 Å². The molecule has 3 rings (SSSR count). The number of benzene rings is 1. The largest absolute Gasteiger partial charge is 0.464 e. The Morgan fingerprint density at radius 3 is 2.67 bits per heavy atom. The number of amides is 1. The summed E-state index contributed by atoms with van der Waals surface area (Å²) in [5.41, 5.74) is 2.65. The highest BCUT2D eigenvalue weighted by Crippen LogP contribution is 2.26. The molecule has 0 aromatic heterocycles. The van der Waals surface area contributed by atoms with E-state index in [-0.39, 0.29) is 17.8 Å². The van der Waals surface area contributed by atoms with E-state index in [1.165, 1.54) is 11.3 Å². The van der Waals surface area contributed by atoms with Gasteiger partial charge < -0.3 is 14.5 Å². The first kappa shape index (κ1) is 16.8. The summed E-state index contributed by atoms with van der Waals surface area (Å²) in [6.45, 7) is 5.10. The summed E-state index contributed by atoms with van der Waals surface area (Å²) in [5, 5.41) is 0. The number of para-hydroxylation sites is 1. The Labute approximate surface area is 143 Å². The average Bonchev–Trinajstić information content (AvgIpc) is 2.62. The van der Waals surface area contributed by atoms with Crippen LogP contribution in [0.5, 0.6) is 0 Å². The molecule has 5 heteroatoms. The Morgan fingerprint density at radius 2 is 1.92 bits per heavy atom. The quantitative estimate of drug-likeness (QED) is 0.795. The zero-order chi connectivity index (χ0) is 16.9. The number of hydrogen-bond acceptors (Lipinski definition) is 4. The van der Waals surface area contributed by atoms with Gasteiger partial charge in [-0.2, -0.15) is 0 Å². The van der Waals surface area contributed by atoms with Gasteiger partial charge in [0.25, 0.3) is 0 Å². The molecule has 1 aromatic rings. The molecule has 24 heavy (non-hydrogen) atoms. The molecule has 1 aromatic carbocycles. The lowest BCUT2D eigenvalue weighted by atomic mass is 9.97. The van der Waals surface area contributed by atoms with E-state index in [0.29, 0.717) is 32.5 Å². The van der Waals surface area contributed by atoms with Gasteiger partial charge in [0.15, 0.2) is 0 Å². The number of carbonyl (C=O) groups is 2. The number of aryl methyl sites for hydroxylation is 1. The second kappa shape index (κ2) is 7.69. The highest BCUT2D eigenvalue weighted by atomic mass is 16.5. The van der Waals surface area contributed by atoms with Crippen LogP contribution in [0.15, 0.2) is 24.3 Å². The second-order valence-corrected chi connectivity index (χ2v) is 6.67. The summed E-state index contributed by atoms with van der Waals surface area (Å²) >= 11 is 0. The first-order valence-electron chi connectivity index (χ1n) is 8.90. The molecule has 0 unspecified atom stereocenters. The van der Waals surface area contributed by atoms with Crippen LogP contribution in [0.4, 0.5) is 5.69 Å². The van der Waals surface area contributed by atoms with E-state index in [2.05, 4.69) is 29.2 Å². The van der Waals surface area contributed by atoms with E-state index in [4.69, 9.17) is 4.74 Å². The van der Waals surface area contributed by atoms with Crippen molar-refractivity contribution in [2.45, 2.75) is 32.6 Å². The Morgan fingerprint density at radius 1 is 1.17 bits per heavy atom. The predicted molar refractivity (Wildman–Crippen MR) is 92.9 cm³/mol. The number of carbonyl (C=O) groups excluding carboxylic acids is 2. The minimum atomic E-state index is -0.108. The van der Waals surface area contributed by atoms with Gasteiger partial charge in [-0.25, -0.2) is 0 Å². The molecule has 0 atom stereocenters. The summed E-state index contributed by atoms with van der Waals surface area (Å²) in [7, 11) is 0. The number of ether oxygens (including phenoxy) is 1. The van der Waals surface area contributed by atoms with Crippen molar-refractivity contribution in [2.75, 3.05) is 37.7 Å². The number of hydrogen-bond donors (Lipinski definition) is 0. The number of fused-ring (bicyclic) bond motifs is 1. The monoisotopic (exact) mass is 330 g/mol. The van der Waals surface area contributed by atoms with E-state index >= 15 is 0 Å². The van der Waals surface area contributed by atoms with Crippen molar-refractivity contribution in [1.82, 2.24) is 4.90 Å². The van der Waals surface area contributed by atoms with Gasteiger partial charge in [-0.15, -0.1) is 0 Å². The minimum absolute atomic E-state index is 0.0609. The molecule has 0 bridgehead atoms. The summed E-state index contributed by atoms with van der Waals surface area (Å²) in [6.07, 6.45) is 3.70. The predicted octanol–water partition coefficient (Wildman–Crippen LogP) is 2.24. The van der Waals surface area contributed by atoms with Crippen molar-refractivity contribution in [3.05, 3.63) is 29.8 Å². The van der Waals surface area contributed by atoms with Crippen LogP contribution in [0.25, 0.3) is 0 Å². The van der Waals surface area contributed by atoms with Gasteiger partial charge in [0.1, 0.15) is 6.61 Å². The molecule has 130 valence electrons. The van der Waals surface area contributed by atoms with Gasteiger partial charge in [0, 0.05) is 32.2 Å². The normalized spacial score (nSPS) is 18.2. The van der Waals surface area contributed by atoms with Gasteiger partial charge in [0.2, 0.25) is 5.91 Å². The molecule has 2 aliphatic rings. The minimum Gasteiger partial charge on any atom is -0.464 e. The maximum atomic E-state index is 12.2. The fourth-order valence-electron chi connectivity index (χ4n) is 3.65. The van der Waals surface area contributed by atoms with Crippen LogP contribution in [-0.2, 0) is 20.7 Å². The molecule has 0 N–H and O–H groups in total. The van der Waals surface area contributed by atoms with Crippen LogP contribution < -0.4 is 4.90 Å². The number of piperidine rings is 1. The van der Waals surface area contributed by atoms with Gasteiger partial charge >= 0.3 is 5.97 Å². The molecule has 0 radical (unpaired) electrons. The molecule has 0 spiro atoms. The van der Waals surface area contributed by atoms with E-state index in [9.17, 15) is 9.59 Å². The molecule has 0 saturated carbocycles. The Bertz CT molecular complexity index is 594. The number of esters is 1. The molecule has 2 aliphatic heterocycles. The van der Waals surface area contributed by atoms with Gasteiger partial charge in [-0.05, 0) is 37.3 Å². The van der Waals surface area contributed by atoms with Gasteiger partial charge in [-0.3, -0.25) is 9.59 Å². The summed E-state index contributed by atoms with van der Waals surface area (Å²) in [4.78, 5) is 27.7. The van der Waals surface area contributed by atoms with Gasteiger partial charge in [-0.1, -0.05) is 18.2 Å². The van der Waals surface area contributed by atoms with E-state index in [0.717, 1.165) is 25.9 Å². The molecule has 0 aliphatic carbocycles. The van der Waals surface area contributed by atoms with Crippen molar-refractivity contribution >= 4 is 17.6 Å². The third-order valence-corrected chi connectivity index (χ3v) is 5.09. The maximum Gasteiger partial charge on any atom is 0.309 e. The van der Waals surface area contributed by atoms with Crippen LogP contribution in [-0.4, -0.2) is 49.6 Å². The molecule has 5 nitrogen and oxygen atoms in total. The van der Waals surface area contributed by atoms with Crippen LogP contribution in [0, 0.1) is 5.92 Å². The van der Waals surface area contributed by atoms with Crippen molar-refractivity contribution < 1.29 is 14.3 Å². The van der Waals surface area contributed by atoms with E-state index in [1.54, 1.807) is 11.8 Å². The standard InChI is InChI=1S/C19H26N2O3/c1-15(22)20-11-8-17(9-12-20)19(23)24-14-13-21-10-4-6-16-5-2-3-7-18(16)21/h2-3,5,7,17H,4,6,8-14H2,1H3. The van der Waals surface area contributed by atoms with Crippen LogP contribution in [0.3, 0.4) is 0 Å². The summed E-state index contributed by atoms with van der Waals surface area (Å²) in [5.74, 6) is -0.0803. The SMILES string of the molecule is CC(=O)N1CCC(C(=O)OCCN2CCCc3ccccc32)CC1. The van der Waals surface area contributed by atoms with E-state index in [1.807, 2.05) is 0 Å². The second-order valence-electron chi connectivity index (χ2n) is 6.67. The first-order valence-corrected chi connectivity index (χ1v) is 8.90. The Kier molecular flexibility index (Phi) is 5.38. The number of rotatable bonds is 4. The molecule has 1 saturated heterocycles. The lowest BCUT2D eigenvalue weighted by Gasteiger charge is -2.32. The topological polar surface area (TPSA) is 49.9 Å². The Hall–Kier alpha value is -2.04. The number of nitrogens with zero attached hydrogens (tertiary/aromatic N) is 2. The molecule has 2 heterocycles. The zero-order valence-electron chi connectivity index (χ0n) is 14.4. The highest BCUT2D eigenvalue weighted by molar-refractivity contribution is 5.75. The van der Waals surface area contributed by atoms with Gasteiger partial charge in [0.05, 0.1) is 12.5 Å². The summed E-state index contributed by atoms with van der Waals surface area (Å²) in [6, 6.07) is 8.46. The summed E-state index contributed by atoms with van der Waals surface area (Å²) < 4.78 is 5.51. The van der Waals surface area contributed by atoms with Crippen LogP contribution >= 0.6 is 0 Å². The smallest absolute Gasteiger partial charge is 0.309 e. The lowest BCUT2D eigenvalue weighted by molar-refractivity contribution is -0.151. The fraction of sp³-hybridized carbons (Fsp3) is 0.579.